The van der Waals surface area contributed by atoms with Crippen molar-refractivity contribution in [2.45, 2.75) is 33.6 Å². The third-order valence-corrected chi connectivity index (χ3v) is 1.89. The Kier molecular flexibility index (Phi) is 16.5. The van der Waals surface area contributed by atoms with Gasteiger partial charge in [0, 0.05) is 6.08 Å². The fourth-order valence-corrected chi connectivity index (χ4v) is 1.19. The molecule has 0 amide bonds. The van der Waals surface area contributed by atoms with Crippen molar-refractivity contribution in [1.82, 2.24) is 0 Å². The number of aryl methyl sites for hydroxylation is 1. The minimum atomic E-state index is -0.269. The number of hydrogen-bond acceptors (Lipinski definition) is 2. The fourth-order valence-electron chi connectivity index (χ4n) is 1.19. The quantitative estimate of drug-likeness (QED) is 0.355. The van der Waals surface area contributed by atoms with E-state index in [1.54, 1.807) is 6.92 Å². The Balaban J connectivity index is 0. The summed E-state index contributed by atoms with van der Waals surface area (Å²) in [5, 5.41) is 0. The van der Waals surface area contributed by atoms with Crippen LogP contribution in [-0.4, -0.2) is 35.6 Å². The van der Waals surface area contributed by atoms with E-state index in [9.17, 15) is 4.79 Å². The molecule has 0 spiro atoms. The zero-order valence-corrected chi connectivity index (χ0v) is 13.6. The van der Waals surface area contributed by atoms with E-state index in [4.69, 9.17) is 4.74 Å². The molecule has 19 heavy (non-hydrogen) atoms. The van der Waals surface area contributed by atoms with Gasteiger partial charge in [0.1, 0.15) is 0 Å². The Bertz CT molecular complexity index is 334. The van der Waals surface area contributed by atoms with Crippen LogP contribution in [0.25, 0.3) is 0 Å². The van der Waals surface area contributed by atoms with Crippen molar-refractivity contribution >= 4 is 29.0 Å². The molecule has 0 heterocycles. The second kappa shape index (κ2) is 15.3. The maximum absolute atomic E-state index is 10.9. The van der Waals surface area contributed by atoms with Crippen molar-refractivity contribution in [3.05, 3.63) is 54.5 Å². The van der Waals surface area contributed by atoms with E-state index in [-0.39, 0.29) is 29.0 Å². The summed E-state index contributed by atoms with van der Waals surface area (Å²) in [6, 6.07) is 11.0. The van der Waals surface area contributed by atoms with Crippen LogP contribution in [0, 0.1) is 12.5 Å². The first-order chi connectivity index (χ1) is 8.74. The summed E-state index contributed by atoms with van der Waals surface area (Å²) >= 11 is 0. The summed E-state index contributed by atoms with van der Waals surface area (Å²) in [4.78, 5) is 10.9. The van der Waals surface area contributed by atoms with Crippen LogP contribution in [0.3, 0.4) is 0 Å². The molecular formula is C16H22MgO2. The number of benzene rings is 1. The van der Waals surface area contributed by atoms with Crippen LogP contribution in [0.15, 0.2) is 36.4 Å². The molecule has 0 unspecified atom stereocenters. The number of rotatable bonds is 5. The molecule has 0 saturated heterocycles. The summed E-state index contributed by atoms with van der Waals surface area (Å²) in [5.74, 6) is -0.269. The first-order valence-corrected chi connectivity index (χ1v) is 6.27. The summed E-state index contributed by atoms with van der Waals surface area (Å²) in [6.07, 6.45) is 7.04. The second-order valence-electron chi connectivity index (χ2n) is 3.66. The van der Waals surface area contributed by atoms with Gasteiger partial charge in [0.2, 0.25) is 0 Å². The third kappa shape index (κ3) is 13.4. The predicted molar refractivity (Wildman–Crippen MR) is 80.8 cm³/mol. The van der Waals surface area contributed by atoms with Crippen molar-refractivity contribution < 1.29 is 9.53 Å². The Labute approximate surface area is 133 Å². The van der Waals surface area contributed by atoms with Crippen LogP contribution in [0.2, 0.25) is 0 Å². The predicted octanol–water partition coefficient (Wildman–Crippen LogP) is 3.39. The molecule has 0 atom stereocenters. The molecule has 1 rings (SSSR count). The second-order valence-corrected chi connectivity index (χ2v) is 3.66. The zero-order valence-electron chi connectivity index (χ0n) is 12.2. The van der Waals surface area contributed by atoms with Crippen LogP contribution < -0.4 is 0 Å². The van der Waals surface area contributed by atoms with Crippen LogP contribution in [-0.2, 0) is 16.0 Å². The van der Waals surface area contributed by atoms with Crippen molar-refractivity contribution in [1.29, 1.82) is 0 Å². The minimum absolute atomic E-state index is 0. The van der Waals surface area contributed by atoms with Gasteiger partial charge in [-0.1, -0.05) is 6.08 Å². The van der Waals surface area contributed by atoms with Gasteiger partial charge in [-0.3, -0.25) is 0 Å². The molecule has 1 aromatic rings. The molecule has 0 bridgehead atoms. The van der Waals surface area contributed by atoms with E-state index in [0.717, 1.165) is 18.4 Å². The molecular weight excluding hydrogens is 248 g/mol. The summed E-state index contributed by atoms with van der Waals surface area (Å²) in [5.41, 5.74) is 1.16. The van der Waals surface area contributed by atoms with E-state index in [0.29, 0.717) is 6.61 Å². The first-order valence-electron chi connectivity index (χ1n) is 6.27. The third-order valence-electron chi connectivity index (χ3n) is 1.89. The molecule has 100 valence electrons. The number of allylic oxidation sites excluding steroid dienone is 1. The van der Waals surface area contributed by atoms with Crippen molar-refractivity contribution in [3.8, 4) is 0 Å². The van der Waals surface area contributed by atoms with Gasteiger partial charge in [-0.15, -0.1) is 0 Å². The Morgan fingerprint density at radius 2 is 2.11 bits per heavy atom. The molecule has 0 radical (unpaired) electrons. The number of hydrogen-bond donors (Lipinski definition) is 0. The Morgan fingerprint density at radius 1 is 1.42 bits per heavy atom. The van der Waals surface area contributed by atoms with E-state index in [1.165, 1.54) is 6.08 Å². The average Bonchev–Trinajstić information content (AvgIpc) is 2.37. The van der Waals surface area contributed by atoms with Crippen LogP contribution >= 0.6 is 0 Å². The SMILES string of the molecule is CCOC(=O)/C=C/CCc1[c-]cccc1.C[CH-]C.[Mg+2]. The van der Waals surface area contributed by atoms with E-state index in [2.05, 4.69) is 6.07 Å². The normalized spacial score (nSPS) is 9.21. The van der Waals surface area contributed by atoms with Gasteiger partial charge in [-0.2, -0.15) is 49.7 Å². The van der Waals surface area contributed by atoms with Crippen molar-refractivity contribution in [2.75, 3.05) is 6.61 Å². The number of esters is 1. The fraction of sp³-hybridized carbons (Fsp3) is 0.375. The molecule has 0 aliphatic carbocycles. The van der Waals surface area contributed by atoms with Crippen molar-refractivity contribution in [3.63, 3.8) is 0 Å². The largest absolute Gasteiger partial charge is 2.00 e. The van der Waals surface area contributed by atoms with Gasteiger partial charge >= 0.3 is 29.0 Å². The zero-order chi connectivity index (χ0) is 13.6. The monoisotopic (exact) mass is 270 g/mol. The molecule has 3 heteroatoms. The number of carbonyl (C=O) groups is 1. The standard InChI is InChI=1S/C13H15O2.C3H7.Mg/c1-2-15-13(14)11-7-6-10-12-8-4-3-5-9-12;1-3-2;/h3-5,7-8,11H,2,6,10H2,1H3;3H,1-2H3;/q2*-1;+2/b11-7+;;. The topological polar surface area (TPSA) is 26.3 Å². The Morgan fingerprint density at radius 3 is 2.63 bits per heavy atom. The number of ether oxygens (including phenoxy) is 1. The number of carbonyl (C=O) groups excluding carboxylic acids is 1. The van der Waals surface area contributed by atoms with Crippen LogP contribution in [0.1, 0.15) is 32.8 Å². The molecule has 0 fully saturated rings. The molecule has 0 N–H and O–H groups in total. The molecule has 2 nitrogen and oxygen atoms in total. The summed E-state index contributed by atoms with van der Waals surface area (Å²) in [6.45, 7) is 6.22. The van der Waals surface area contributed by atoms with Gasteiger partial charge in [0.25, 0.3) is 0 Å². The van der Waals surface area contributed by atoms with Gasteiger partial charge in [0.15, 0.2) is 0 Å². The molecule has 0 aliphatic heterocycles. The van der Waals surface area contributed by atoms with E-state index < -0.39 is 0 Å². The van der Waals surface area contributed by atoms with Gasteiger partial charge in [-0.05, 0) is 19.8 Å². The molecule has 0 aromatic heterocycles. The van der Waals surface area contributed by atoms with Gasteiger partial charge < -0.3 is 11.2 Å². The van der Waals surface area contributed by atoms with Gasteiger partial charge in [0.05, 0.1) is 6.61 Å². The van der Waals surface area contributed by atoms with Crippen LogP contribution in [0.5, 0.6) is 0 Å². The molecule has 0 saturated carbocycles. The molecule has 0 aliphatic rings. The average molecular weight is 271 g/mol. The maximum Gasteiger partial charge on any atom is 2.00 e. The molecule has 1 aromatic carbocycles. The first kappa shape index (κ1) is 20.5. The van der Waals surface area contributed by atoms with Crippen LogP contribution in [0.4, 0.5) is 0 Å². The minimum Gasteiger partial charge on any atom is -0.463 e. The van der Waals surface area contributed by atoms with Crippen molar-refractivity contribution in [2.24, 2.45) is 0 Å². The van der Waals surface area contributed by atoms with E-state index in [1.807, 2.05) is 50.6 Å². The maximum atomic E-state index is 10.9. The Hall–Kier alpha value is -0.804. The van der Waals surface area contributed by atoms with Gasteiger partial charge in [-0.25, -0.2) is 4.79 Å². The smallest absolute Gasteiger partial charge is 0.463 e. The summed E-state index contributed by atoms with van der Waals surface area (Å²) < 4.78 is 4.76. The summed E-state index contributed by atoms with van der Waals surface area (Å²) in [7, 11) is 0. The van der Waals surface area contributed by atoms with E-state index >= 15 is 0 Å².